The van der Waals surface area contributed by atoms with Crippen LogP contribution in [0.3, 0.4) is 0 Å². The number of rotatable bonds is 6. The van der Waals surface area contributed by atoms with Crippen molar-refractivity contribution in [2.45, 2.75) is 6.92 Å². The van der Waals surface area contributed by atoms with Gasteiger partial charge in [0.25, 0.3) is 5.91 Å². The number of carbonyl (C=O) groups excluding carboxylic acids is 1. The Kier molecular flexibility index (Phi) is 5.95. The summed E-state index contributed by atoms with van der Waals surface area (Å²) in [4.78, 5) is 19.1. The Hall–Kier alpha value is -1.23. The zero-order chi connectivity index (χ0) is 17.0. The van der Waals surface area contributed by atoms with E-state index in [0.29, 0.717) is 22.2 Å². The third kappa shape index (κ3) is 4.87. The van der Waals surface area contributed by atoms with Crippen molar-refractivity contribution in [3.8, 4) is 0 Å². The summed E-state index contributed by atoms with van der Waals surface area (Å²) in [6.45, 7) is 6.20. The summed E-state index contributed by atoms with van der Waals surface area (Å²) in [5.41, 5.74) is 0.532. The number of ether oxygens (including phenoxy) is 1. The normalized spacial score (nSPS) is 16.3. The Morgan fingerprint density at radius 1 is 1.43 bits per heavy atom. The van der Waals surface area contributed by atoms with Crippen LogP contribution in [0.1, 0.15) is 15.4 Å². The van der Waals surface area contributed by atoms with Crippen molar-refractivity contribution >= 4 is 32.4 Å². The number of amides is 1. The number of nitrogens with one attached hydrogen (secondary N) is 1. The Bertz CT molecular complexity index is 653. The predicted octanol–water partition coefficient (Wildman–Crippen LogP) is -0.0907. The van der Waals surface area contributed by atoms with Crippen molar-refractivity contribution in [3.05, 3.63) is 10.6 Å². The van der Waals surface area contributed by atoms with Crippen LogP contribution in [0.2, 0.25) is 0 Å². The van der Waals surface area contributed by atoms with Gasteiger partial charge in [-0.15, -0.1) is 0 Å². The molecule has 1 saturated heterocycles. The topological polar surface area (TPSA) is 91.8 Å². The van der Waals surface area contributed by atoms with Crippen LogP contribution in [0.4, 0.5) is 5.13 Å². The highest BCUT2D eigenvalue weighted by Gasteiger charge is 2.21. The number of carbonyl (C=O) groups is 1. The highest BCUT2D eigenvalue weighted by atomic mass is 32.2. The summed E-state index contributed by atoms with van der Waals surface area (Å²) in [6.07, 6.45) is 1.10. The Morgan fingerprint density at radius 3 is 2.70 bits per heavy atom. The van der Waals surface area contributed by atoms with Crippen LogP contribution in [0.25, 0.3) is 0 Å². The number of thiazole rings is 1. The van der Waals surface area contributed by atoms with Crippen LogP contribution < -0.4 is 9.62 Å². The van der Waals surface area contributed by atoms with Gasteiger partial charge in [-0.2, -0.15) is 0 Å². The van der Waals surface area contributed by atoms with Crippen LogP contribution >= 0.6 is 11.3 Å². The summed E-state index contributed by atoms with van der Waals surface area (Å²) < 4.78 is 29.4. The third-order valence-corrected chi connectivity index (χ3v) is 6.09. The van der Waals surface area contributed by atoms with Crippen LogP contribution in [-0.2, 0) is 14.8 Å². The Labute approximate surface area is 140 Å². The second-order valence-corrected chi connectivity index (χ2v) is 8.34. The molecule has 0 aromatic carbocycles. The number of hydrogen-bond acceptors (Lipinski definition) is 7. The number of hydrogen-bond donors (Lipinski definition) is 1. The lowest BCUT2D eigenvalue weighted by molar-refractivity contribution is 0.0383. The maximum atomic E-state index is 12.2. The second kappa shape index (κ2) is 7.56. The van der Waals surface area contributed by atoms with E-state index in [9.17, 15) is 13.2 Å². The maximum Gasteiger partial charge on any atom is 0.263 e. The van der Waals surface area contributed by atoms with Gasteiger partial charge in [-0.3, -0.25) is 9.69 Å². The molecule has 1 fully saturated rings. The molecule has 130 valence electrons. The average molecular weight is 362 g/mol. The molecule has 1 N–H and O–H groups in total. The molecule has 0 atom stereocenters. The molecule has 1 aliphatic heterocycles. The van der Waals surface area contributed by atoms with E-state index in [1.165, 1.54) is 7.05 Å². The summed E-state index contributed by atoms with van der Waals surface area (Å²) >= 11 is 1.08. The first-order valence-electron chi connectivity index (χ1n) is 7.28. The molecular weight excluding hydrogens is 340 g/mol. The molecule has 1 aliphatic rings. The van der Waals surface area contributed by atoms with Crippen LogP contribution in [0, 0.1) is 6.92 Å². The molecule has 0 spiro atoms. The zero-order valence-electron chi connectivity index (χ0n) is 13.5. The summed E-state index contributed by atoms with van der Waals surface area (Å²) in [5, 5.41) is 3.15. The Morgan fingerprint density at radius 2 is 2.09 bits per heavy atom. The molecule has 0 aliphatic carbocycles. The Balaban J connectivity index is 1.93. The van der Waals surface area contributed by atoms with E-state index in [1.807, 2.05) is 0 Å². The predicted molar refractivity (Wildman–Crippen MR) is 89.7 cm³/mol. The first-order chi connectivity index (χ1) is 10.8. The van der Waals surface area contributed by atoms with Crippen LogP contribution in [0.5, 0.6) is 0 Å². The lowest BCUT2D eigenvalue weighted by Crippen LogP contribution is -2.41. The van der Waals surface area contributed by atoms with Gasteiger partial charge in [0.1, 0.15) is 4.88 Å². The lowest BCUT2D eigenvalue weighted by atomic mass is 10.3. The number of sulfonamides is 1. The van der Waals surface area contributed by atoms with E-state index >= 15 is 0 Å². The van der Waals surface area contributed by atoms with Crippen molar-refractivity contribution < 1.29 is 17.9 Å². The second-order valence-electron chi connectivity index (χ2n) is 5.35. The molecule has 0 unspecified atom stereocenters. The molecule has 0 saturated carbocycles. The van der Waals surface area contributed by atoms with Crippen molar-refractivity contribution in [2.24, 2.45) is 0 Å². The number of aryl methyl sites for hydroxylation is 1. The quantitative estimate of drug-likeness (QED) is 0.760. The SMILES string of the molecule is Cc1nc(N(C)S(C)(=O)=O)sc1C(=O)NCCN1CCOCC1. The largest absolute Gasteiger partial charge is 0.379 e. The molecule has 1 amide bonds. The van der Waals surface area contributed by atoms with Gasteiger partial charge in [0.05, 0.1) is 25.2 Å². The minimum absolute atomic E-state index is 0.221. The molecule has 8 nitrogen and oxygen atoms in total. The lowest BCUT2D eigenvalue weighted by Gasteiger charge is -2.26. The third-order valence-electron chi connectivity index (χ3n) is 3.58. The van der Waals surface area contributed by atoms with E-state index in [-0.39, 0.29) is 5.91 Å². The van der Waals surface area contributed by atoms with E-state index in [2.05, 4.69) is 15.2 Å². The molecule has 10 heteroatoms. The minimum atomic E-state index is -3.39. The minimum Gasteiger partial charge on any atom is -0.379 e. The first kappa shape index (κ1) is 18.1. The summed E-state index contributed by atoms with van der Waals surface area (Å²) in [7, 11) is -1.96. The highest BCUT2D eigenvalue weighted by Crippen LogP contribution is 2.26. The number of aromatic nitrogens is 1. The standard InChI is InChI=1S/C13H22N4O4S2/c1-10-11(22-13(15-10)16(2)23(3,19)20)12(18)14-4-5-17-6-8-21-9-7-17/h4-9H2,1-3H3,(H,14,18). The van der Waals surface area contributed by atoms with Gasteiger partial charge in [0.2, 0.25) is 10.0 Å². The monoisotopic (exact) mass is 362 g/mol. The molecular formula is C13H22N4O4S2. The molecule has 23 heavy (non-hydrogen) atoms. The average Bonchev–Trinajstić information content (AvgIpc) is 2.88. The summed E-state index contributed by atoms with van der Waals surface area (Å²) in [5.74, 6) is -0.221. The van der Waals surface area contributed by atoms with Gasteiger partial charge in [-0.05, 0) is 6.92 Å². The van der Waals surface area contributed by atoms with Crippen molar-refractivity contribution in [3.63, 3.8) is 0 Å². The van der Waals surface area contributed by atoms with Crippen molar-refractivity contribution in [1.29, 1.82) is 0 Å². The van der Waals surface area contributed by atoms with Gasteiger partial charge >= 0.3 is 0 Å². The van der Waals surface area contributed by atoms with E-state index in [0.717, 1.165) is 54.7 Å². The van der Waals surface area contributed by atoms with E-state index in [4.69, 9.17) is 4.74 Å². The fourth-order valence-electron chi connectivity index (χ4n) is 2.10. The molecule has 0 radical (unpaired) electrons. The van der Waals surface area contributed by atoms with Crippen LogP contribution in [0.15, 0.2) is 0 Å². The molecule has 1 aromatic heterocycles. The number of morpholine rings is 1. The molecule has 0 bridgehead atoms. The van der Waals surface area contributed by atoms with Gasteiger partial charge < -0.3 is 10.1 Å². The molecule has 2 heterocycles. The van der Waals surface area contributed by atoms with Crippen LogP contribution in [-0.4, -0.2) is 76.9 Å². The van der Waals surface area contributed by atoms with Gasteiger partial charge in [0.15, 0.2) is 5.13 Å². The smallest absolute Gasteiger partial charge is 0.263 e. The maximum absolute atomic E-state index is 12.2. The number of anilines is 1. The highest BCUT2D eigenvalue weighted by molar-refractivity contribution is 7.92. The van der Waals surface area contributed by atoms with Gasteiger partial charge in [-0.25, -0.2) is 17.7 Å². The number of nitrogens with zero attached hydrogens (tertiary/aromatic N) is 3. The first-order valence-corrected chi connectivity index (χ1v) is 9.95. The molecule has 2 rings (SSSR count). The van der Waals surface area contributed by atoms with Gasteiger partial charge in [-0.1, -0.05) is 11.3 Å². The molecule has 1 aromatic rings. The fourth-order valence-corrected chi connectivity index (χ4v) is 3.80. The fraction of sp³-hybridized carbons (Fsp3) is 0.692. The van der Waals surface area contributed by atoms with Gasteiger partial charge in [0, 0.05) is 33.2 Å². The summed E-state index contributed by atoms with van der Waals surface area (Å²) in [6, 6.07) is 0. The zero-order valence-corrected chi connectivity index (χ0v) is 15.2. The van der Waals surface area contributed by atoms with Crippen molar-refractivity contribution in [2.75, 3.05) is 57.0 Å². The van der Waals surface area contributed by atoms with E-state index in [1.54, 1.807) is 6.92 Å². The van der Waals surface area contributed by atoms with E-state index < -0.39 is 10.0 Å². The van der Waals surface area contributed by atoms with Crippen molar-refractivity contribution in [1.82, 2.24) is 15.2 Å².